The summed E-state index contributed by atoms with van der Waals surface area (Å²) >= 11 is 0. The van der Waals surface area contributed by atoms with Gasteiger partial charge in [-0.05, 0) is 23.3 Å². The molecule has 0 aliphatic heterocycles. The molecule has 0 bridgehead atoms. The first-order valence-corrected chi connectivity index (χ1v) is 9.10. The number of nitrogens with zero attached hydrogens (tertiary/aromatic N) is 3. The van der Waals surface area contributed by atoms with Gasteiger partial charge < -0.3 is 14.9 Å². The highest BCUT2D eigenvalue weighted by molar-refractivity contribution is 5.87. The fourth-order valence-electron chi connectivity index (χ4n) is 3.08. The number of ether oxygens (including phenoxy) is 1. The van der Waals surface area contributed by atoms with Gasteiger partial charge in [-0.3, -0.25) is 0 Å². The summed E-state index contributed by atoms with van der Waals surface area (Å²) in [6, 6.07) is 21.4. The molecular weight excluding hydrogens is 382 g/mol. The second kappa shape index (κ2) is 8.10. The molecule has 3 aromatic carbocycles. The van der Waals surface area contributed by atoms with E-state index in [1.54, 1.807) is 60.7 Å². The maximum absolute atomic E-state index is 13.1. The van der Waals surface area contributed by atoms with Gasteiger partial charge in [0.15, 0.2) is 5.82 Å². The second-order valence-electron chi connectivity index (χ2n) is 6.47. The molecule has 148 valence electrons. The minimum absolute atomic E-state index is 0.0700. The Hall–Kier alpha value is -4.10. The zero-order chi connectivity index (χ0) is 21.0. The van der Waals surface area contributed by atoms with E-state index in [1.165, 1.54) is 30.9 Å². The SMILES string of the molecule is O=C(Oc1ccc(-c2ncncn2)c(O)c1)C(O)(c1ccccc1)c1ccccc1. The first kappa shape index (κ1) is 19.2. The Morgan fingerprint density at radius 3 is 1.93 bits per heavy atom. The number of esters is 1. The van der Waals surface area contributed by atoms with E-state index < -0.39 is 11.6 Å². The van der Waals surface area contributed by atoms with Crippen molar-refractivity contribution in [1.29, 1.82) is 0 Å². The van der Waals surface area contributed by atoms with Crippen LogP contribution in [0.15, 0.2) is 91.5 Å². The molecule has 30 heavy (non-hydrogen) atoms. The smallest absolute Gasteiger partial charge is 0.353 e. The van der Waals surface area contributed by atoms with E-state index in [0.717, 1.165) is 0 Å². The highest BCUT2D eigenvalue weighted by Crippen LogP contribution is 2.34. The van der Waals surface area contributed by atoms with Gasteiger partial charge in [0.25, 0.3) is 0 Å². The van der Waals surface area contributed by atoms with Crippen LogP contribution in [0.2, 0.25) is 0 Å². The molecule has 7 heteroatoms. The van der Waals surface area contributed by atoms with E-state index >= 15 is 0 Å². The minimum atomic E-state index is -2.02. The third-order valence-electron chi connectivity index (χ3n) is 4.59. The first-order valence-electron chi connectivity index (χ1n) is 9.10. The Morgan fingerprint density at radius 2 is 1.40 bits per heavy atom. The lowest BCUT2D eigenvalue weighted by Crippen LogP contribution is -2.40. The standard InChI is InChI=1S/C23H17N3O4/c27-20-13-18(11-12-19(20)21-25-14-24-15-26-21)30-22(28)23(29,16-7-3-1-4-8-16)17-9-5-2-6-10-17/h1-15,27,29H. The quantitative estimate of drug-likeness (QED) is 0.392. The Labute approximate surface area is 172 Å². The van der Waals surface area contributed by atoms with Crippen LogP contribution in [0.3, 0.4) is 0 Å². The van der Waals surface area contributed by atoms with Gasteiger partial charge in [-0.25, -0.2) is 19.7 Å². The van der Waals surface area contributed by atoms with E-state index in [-0.39, 0.29) is 17.3 Å². The largest absolute Gasteiger partial charge is 0.507 e. The molecule has 2 N–H and O–H groups in total. The molecule has 0 saturated heterocycles. The van der Waals surface area contributed by atoms with Gasteiger partial charge >= 0.3 is 5.97 Å². The lowest BCUT2D eigenvalue weighted by Gasteiger charge is -2.27. The van der Waals surface area contributed by atoms with Crippen LogP contribution in [-0.2, 0) is 10.4 Å². The second-order valence-corrected chi connectivity index (χ2v) is 6.47. The number of rotatable bonds is 5. The topological polar surface area (TPSA) is 105 Å². The van der Waals surface area contributed by atoms with E-state index in [9.17, 15) is 15.0 Å². The Bertz CT molecular complexity index is 1110. The molecule has 0 radical (unpaired) electrons. The molecule has 0 atom stereocenters. The van der Waals surface area contributed by atoms with Crippen LogP contribution >= 0.6 is 0 Å². The van der Waals surface area contributed by atoms with E-state index in [1.807, 2.05) is 0 Å². The molecule has 0 saturated carbocycles. The molecule has 0 aliphatic rings. The predicted molar refractivity (Wildman–Crippen MR) is 108 cm³/mol. The van der Waals surface area contributed by atoms with Crippen LogP contribution in [0.1, 0.15) is 11.1 Å². The summed E-state index contributed by atoms with van der Waals surface area (Å²) in [5.41, 5.74) is -0.927. The summed E-state index contributed by atoms with van der Waals surface area (Å²) in [4.78, 5) is 24.8. The monoisotopic (exact) mass is 399 g/mol. The number of carbonyl (C=O) groups excluding carboxylic acids is 1. The van der Waals surface area contributed by atoms with Crippen LogP contribution in [-0.4, -0.2) is 31.1 Å². The zero-order valence-corrected chi connectivity index (χ0v) is 15.7. The van der Waals surface area contributed by atoms with Gasteiger partial charge in [0.2, 0.25) is 5.60 Å². The molecule has 1 aromatic heterocycles. The third kappa shape index (κ3) is 3.61. The highest BCUT2D eigenvalue weighted by atomic mass is 16.6. The molecular formula is C23H17N3O4. The van der Waals surface area contributed by atoms with Crippen molar-refractivity contribution in [3.05, 3.63) is 103 Å². The lowest BCUT2D eigenvalue weighted by molar-refractivity contribution is -0.152. The third-order valence-corrected chi connectivity index (χ3v) is 4.59. The van der Waals surface area contributed by atoms with Crippen molar-refractivity contribution >= 4 is 5.97 Å². The van der Waals surface area contributed by atoms with Gasteiger partial charge in [-0.2, -0.15) is 0 Å². The van der Waals surface area contributed by atoms with E-state index in [2.05, 4.69) is 15.0 Å². The number of aliphatic hydroxyl groups is 1. The summed E-state index contributed by atoms with van der Waals surface area (Å²) in [7, 11) is 0. The number of phenols is 1. The molecule has 0 aliphatic carbocycles. The van der Waals surface area contributed by atoms with Crippen molar-refractivity contribution in [2.75, 3.05) is 0 Å². The molecule has 0 spiro atoms. The van der Waals surface area contributed by atoms with Crippen LogP contribution in [0.25, 0.3) is 11.4 Å². The maximum Gasteiger partial charge on any atom is 0.353 e. The average Bonchev–Trinajstić information content (AvgIpc) is 2.80. The number of hydrogen-bond acceptors (Lipinski definition) is 7. The van der Waals surface area contributed by atoms with Crippen LogP contribution in [0.5, 0.6) is 11.5 Å². The van der Waals surface area contributed by atoms with E-state index in [4.69, 9.17) is 4.74 Å². The fourth-order valence-corrected chi connectivity index (χ4v) is 3.08. The number of aromatic nitrogens is 3. The van der Waals surface area contributed by atoms with Crippen molar-refractivity contribution in [3.63, 3.8) is 0 Å². The summed E-state index contributed by atoms with van der Waals surface area (Å²) in [6.45, 7) is 0. The molecule has 0 amide bonds. The first-order chi connectivity index (χ1) is 14.6. The molecule has 0 unspecified atom stereocenters. The van der Waals surface area contributed by atoms with Crippen molar-refractivity contribution in [2.45, 2.75) is 5.60 Å². The molecule has 4 rings (SSSR count). The average molecular weight is 399 g/mol. The zero-order valence-electron chi connectivity index (χ0n) is 15.7. The van der Waals surface area contributed by atoms with Crippen LogP contribution in [0, 0.1) is 0 Å². The van der Waals surface area contributed by atoms with Gasteiger partial charge in [-0.15, -0.1) is 0 Å². The van der Waals surface area contributed by atoms with Crippen molar-refractivity contribution in [2.24, 2.45) is 0 Å². The summed E-state index contributed by atoms with van der Waals surface area (Å²) in [5, 5.41) is 21.8. The Kier molecular flexibility index (Phi) is 5.19. The lowest BCUT2D eigenvalue weighted by atomic mass is 9.86. The fraction of sp³-hybridized carbons (Fsp3) is 0.0435. The molecule has 0 fully saturated rings. The summed E-state index contributed by atoms with van der Waals surface area (Å²) in [6.07, 6.45) is 2.63. The van der Waals surface area contributed by atoms with Gasteiger partial charge in [0.05, 0.1) is 5.56 Å². The number of phenolic OH excluding ortho intramolecular Hbond substituents is 1. The number of carbonyl (C=O) groups is 1. The highest BCUT2D eigenvalue weighted by Gasteiger charge is 2.42. The van der Waals surface area contributed by atoms with Crippen LogP contribution < -0.4 is 4.74 Å². The predicted octanol–water partition coefficient (Wildman–Crippen LogP) is 3.09. The number of hydrogen-bond donors (Lipinski definition) is 2. The summed E-state index contributed by atoms with van der Waals surface area (Å²) < 4.78 is 5.46. The van der Waals surface area contributed by atoms with Crippen LogP contribution in [0.4, 0.5) is 0 Å². The number of benzene rings is 3. The molecule has 4 aromatic rings. The maximum atomic E-state index is 13.1. The van der Waals surface area contributed by atoms with Crippen molar-refractivity contribution < 1.29 is 19.7 Å². The van der Waals surface area contributed by atoms with Crippen molar-refractivity contribution in [3.8, 4) is 22.9 Å². The van der Waals surface area contributed by atoms with E-state index in [0.29, 0.717) is 16.7 Å². The van der Waals surface area contributed by atoms with Gasteiger partial charge in [0.1, 0.15) is 24.2 Å². The minimum Gasteiger partial charge on any atom is -0.507 e. The Morgan fingerprint density at radius 1 is 0.833 bits per heavy atom. The van der Waals surface area contributed by atoms with Crippen molar-refractivity contribution in [1.82, 2.24) is 15.0 Å². The molecule has 7 nitrogen and oxygen atoms in total. The Balaban J connectivity index is 1.68. The number of aromatic hydroxyl groups is 1. The van der Waals surface area contributed by atoms with Gasteiger partial charge in [0, 0.05) is 6.07 Å². The van der Waals surface area contributed by atoms with Gasteiger partial charge in [-0.1, -0.05) is 60.7 Å². The summed E-state index contributed by atoms with van der Waals surface area (Å²) in [5.74, 6) is -0.715. The normalized spacial score (nSPS) is 11.1. The molecule has 1 heterocycles.